The van der Waals surface area contributed by atoms with Gasteiger partial charge in [-0.15, -0.1) is 11.3 Å². The number of aliphatic hydroxyl groups excluding tert-OH is 1. The number of aryl methyl sites for hydroxylation is 1. The molecule has 0 radical (unpaired) electrons. The lowest BCUT2D eigenvalue weighted by molar-refractivity contribution is -0.162. The van der Waals surface area contributed by atoms with Crippen molar-refractivity contribution in [3.05, 3.63) is 41.0 Å². The van der Waals surface area contributed by atoms with Gasteiger partial charge in [-0.25, -0.2) is 4.98 Å². The number of likely N-dealkylation sites (tertiary alicyclic amines) is 1. The summed E-state index contributed by atoms with van der Waals surface area (Å²) >= 11 is 1.58. The zero-order valence-electron chi connectivity index (χ0n) is 24.6. The Balaban J connectivity index is 1.19. The molecule has 42 heavy (non-hydrogen) atoms. The summed E-state index contributed by atoms with van der Waals surface area (Å²) in [6.45, 7) is 7.85. The molecular formula is C31H40N4O6S. The van der Waals surface area contributed by atoms with Gasteiger partial charge in [-0.2, -0.15) is 0 Å². The van der Waals surface area contributed by atoms with Crippen molar-refractivity contribution in [3.63, 3.8) is 0 Å². The van der Waals surface area contributed by atoms with Gasteiger partial charge in [-0.1, -0.05) is 45.0 Å². The minimum Gasteiger partial charge on any atom is -0.481 e. The summed E-state index contributed by atoms with van der Waals surface area (Å²) in [6.07, 6.45) is 1.76. The van der Waals surface area contributed by atoms with E-state index in [9.17, 15) is 29.4 Å². The molecule has 2 aromatic rings. The number of carbonyl (C=O) groups is 4. The molecule has 3 aliphatic rings. The molecule has 11 heteroatoms. The van der Waals surface area contributed by atoms with Crippen molar-refractivity contribution < 1.29 is 29.4 Å². The minimum atomic E-state index is -0.877. The van der Waals surface area contributed by atoms with E-state index in [1.165, 1.54) is 4.90 Å². The Morgan fingerprint density at radius 2 is 1.71 bits per heavy atom. The number of nitrogens with one attached hydrogen (secondary N) is 2. The van der Waals surface area contributed by atoms with E-state index in [2.05, 4.69) is 15.6 Å². The van der Waals surface area contributed by atoms with E-state index in [1.807, 2.05) is 57.5 Å². The molecule has 4 N–H and O–H groups in total. The van der Waals surface area contributed by atoms with Crippen LogP contribution in [0, 0.1) is 29.6 Å². The third-order valence-corrected chi connectivity index (χ3v) is 10.1. The number of carbonyl (C=O) groups excluding carboxylic acids is 3. The Morgan fingerprint density at radius 3 is 2.29 bits per heavy atom. The van der Waals surface area contributed by atoms with Crippen LogP contribution in [0.5, 0.6) is 0 Å². The van der Waals surface area contributed by atoms with Crippen LogP contribution in [0.4, 0.5) is 0 Å². The Labute approximate surface area is 249 Å². The first kappa shape index (κ1) is 30.2. The van der Waals surface area contributed by atoms with Crippen molar-refractivity contribution in [1.29, 1.82) is 0 Å². The molecule has 3 fully saturated rings. The first-order valence-electron chi connectivity index (χ1n) is 14.6. The number of aliphatic carboxylic acids is 1. The number of hydrogen-bond acceptors (Lipinski definition) is 7. The first-order valence-corrected chi connectivity index (χ1v) is 15.4. The normalized spacial score (nSPS) is 27.6. The molecule has 1 aromatic carbocycles. The van der Waals surface area contributed by atoms with Crippen LogP contribution in [0.1, 0.15) is 64.1 Å². The number of amides is 3. The van der Waals surface area contributed by atoms with Crippen molar-refractivity contribution in [2.75, 3.05) is 6.54 Å². The fourth-order valence-electron chi connectivity index (χ4n) is 6.70. The Hall–Kier alpha value is -3.31. The molecule has 3 atom stereocenters. The molecule has 3 amide bonds. The van der Waals surface area contributed by atoms with Gasteiger partial charge in [0.2, 0.25) is 17.7 Å². The molecule has 0 bridgehead atoms. The molecule has 5 rings (SSSR count). The fraction of sp³-hybridized carbons (Fsp3) is 0.581. The number of hydrogen-bond donors (Lipinski definition) is 4. The third-order valence-electron chi connectivity index (χ3n) is 9.13. The van der Waals surface area contributed by atoms with Crippen LogP contribution in [-0.4, -0.2) is 68.5 Å². The van der Waals surface area contributed by atoms with Crippen LogP contribution in [-0.2, 0) is 25.7 Å². The van der Waals surface area contributed by atoms with Crippen LogP contribution in [0.3, 0.4) is 0 Å². The van der Waals surface area contributed by atoms with Gasteiger partial charge in [0.15, 0.2) is 0 Å². The monoisotopic (exact) mass is 596 g/mol. The van der Waals surface area contributed by atoms with Gasteiger partial charge in [-0.3, -0.25) is 19.2 Å². The van der Waals surface area contributed by atoms with E-state index in [0.717, 1.165) is 21.7 Å². The summed E-state index contributed by atoms with van der Waals surface area (Å²) in [5.74, 6) is -2.31. The maximum absolute atomic E-state index is 13.8. The number of rotatable bonds is 8. The van der Waals surface area contributed by atoms with Crippen molar-refractivity contribution in [3.8, 4) is 10.4 Å². The molecule has 2 aliphatic carbocycles. The average Bonchev–Trinajstić information content (AvgIpc) is 3.48. The smallest absolute Gasteiger partial charge is 0.306 e. The topological polar surface area (TPSA) is 149 Å². The van der Waals surface area contributed by atoms with E-state index in [0.29, 0.717) is 25.7 Å². The Bertz CT molecular complexity index is 1350. The van der Waals surface area contributed by atoms with Gasteiger partial charge in [0.1, 0.15) is 12.1 Å². The number of benzene rings is 1. The molecule has 2 saturated carbocycles. The molecular weight excluding hydrogens is 556 g/mol. The van der Waals surface area contributed by atoms with Crippen LogP contribution < -0.4 is 10.6 Å². The van der Waals surface area contributed by atoms with Crippen molar-refractivity contribution in [2.45, 2.75) is 84.5 Å². The Morgan fingerprint density at radius 1 is 1.07 bits per heavy atom. The zero-order chi connectivity index (χ0) is 30.4. The lowest BCUT2D eigenvalue weighted by atomic mass is 9.48. The molecule has 1 saturated heterocycles. The number of nitrogens with zero attached hydrogens (tertiary/aromatic N) is 2. The summed E-state index contributed by atoms with van der Waals surface area (Å²) in [4.78, 5) is 58.3. The molecule has 1 unspecified atom stereocenters. The van der Waals surface area contributed by atoms with Crippen molar-refractivity contribution in [1.82, 2.24) is 20.5 Å². The van der Waals surface area contributed by atoms with E-state index in [4.69, 9.17) is 0 Å². The highest BCUT2D eigenvalue weighted by Crippen LogP contribution is 2.61. The molecule has 1 aliphatic heterocycles. The highest BCUT2D eigenvalue weighted by Gasteiger charge is 2.57. The predicted octanol–water partition coefficient (Wildman–Crippen LogP) is 3.12. The van der Waals surface area contributed by atoms with E-state index < -0.39 is 29.6 Å². The number of aromatic nitrogens is 1. The average molecular weight is 597 g/mol. The highest BCUT2D eigenvalue weighted by atomic mass is 32.1. The maximum atomic E-state index is 13.8. The number of carboxylic acids is 1. The molecule has 10 nitrogen and oxygen atoms in total. The lowest BCUT2D eigenvalue weighted by Crippen LogP contribution is -2.60. The first-order chi connectivity index (χ1) is 19.8. The van der Waals surface area contributed by atoms with Crippen LogP contribution in [0.2, 0.25) is 0 Å². The highest BCUT2D eigenvalue weighted by molar-refractivity contribution is 7.13. The van der Waals surface area contributed by atoms with Gasteiger partial charge >= 0.3 is 5.97 Å². The summed E-state index contributed by atoms with van der Waals surface area (Å²) in [6, 6.07) is 6.16. The summed E-state index contributed by atoms with van der Waals surface area (Å²) < 4.78 is 0. The molecule has 226 valence electrons. The third kappa shape index (κ3) is 6.08. The van der Waals surface area contributed by atoms with Crippen LogP contribution in [0.15, 0.2) is 29.8 Å². The summed E-state index contributed by atoms with van der Waals surface area (Å²) in [5, 5.41) is 25.5. The van der Waals surface area contributed by atoms with Gasteiger partial charge in [0.05, 0.1) is 28.1 Å². The van der Waals surface area contributed by atoms with Crippen molar-refractivity contribution in [2.24, 2.45) is 22.7 Å². The largest absolute Gasteiger partial charge is 0.481 e. The number of carboxylic acid groups (broad SMARTS) is 1. The van der Waals surface area contributed by atoms with Crippen molar-refractivity contribution >= 4 is 35.0 Å². The Kier molecular flexibility index (Phi) is 8.19. The summed E-state index contributed by atoms with van der Waals surface area (Å²) in [5.41, 5.74) is 4.06. The number of thiazole rings is 1. The molecule has 1 spiro atoms. The predicted molar refractivity (Wildman–Crippen MR) is 157 cm³/mol. The van der Waals surface area contributed by atoms with Gasteiger partial charge < -0.3 is 25.7 Å². The van der Waals surface area contributed by atoms with Gasteiger partial charge in [0.25, 0.3) is 0 Å². The second-order valence-electron chi connectivity index (χ2n) is 13.4. The fourth-order valence-corrected chi connectivity index (χ4v) is 7.52. The van der Waals surface area contributed by atoms with Crippen LogP contribution in [0.25, 0.3) is 10.4 Å². The van der Waals surface area contributed by atoms with Gasteiger partial charge in [0, 0.05) is 25.4 Å². The second kappa shape index (κ2) is 11.4. The van der Waals surface area contributed by atoms with Crippen LogP contribution >= 0.6 is 11.3 Å². The quantitative estimate of drug-likeness (QED) is 0.366. The number of aliphatic hydroxyl groups is 1. The van der Waals surface area contributed by atoms with E-state index >= 15 is 0 Å². The maximum Gasteiger partial charge on any atom is 0.306 e. The molecule has 1 aromatic heterocycles. The lowest BCUT2D eigenvalue weighted by Gasteiger charge is -2.56. The zero-order valence-corrected chi connectivity index (χ0v) is 25.4. The van der Waals surface area contributed by atoms with E-state index in [-0.39, 0.29) is 54.5 Å². The SMILES string of the molecule is Cc1ncsc1-c1ccc(CNC(=O)[C@@H]2C[C@@H](O)CN2C(=O)C(NC(=O)C2CC3(CC(C(=O)O)C3)C2)C(C)(C)C)cc1. The molecule has 2 heterocycles. The standard InChI is InChI=1S/C31H40N4O6S/c1-17-24(42-16-33-17)19-7-5-18(6-8-19)14-32-27(38)23-9-22(36)15-35(23)28(39)25(30(2,3)4)34-26(37)20-10-31(11-20)12-21(13-31)29(40)41/h5-8,16,20-23,25,36H,9-15H2,1-4H3,(H,32,38)(H,34,37)(H,40,41)/t20?,21?,22-,23+,25?,31?/m1/s1. The number of β-amino-alcohol motifs (C(OH)–C–C–N with tert-alkyl or cyclic N) is 1. The van der Waals surface area contributed by atoms with E-state index in [1.54, 1.807) is 11.3 Å². The second-order valence-corrected chi connectivity index (χ2v) is 14.3. The summed E-state index contributed by atoms with van der Waals surface area (Å²) in [7, 11) is 0. The minimum absolute atomic E-state index is 0.0192. The van der Waals surface area contributed by atoms with Gasteiger partial charge in [-0.05, 0) is 54.6 Å².